The molecule has 1 aliphatic carbocycles. The standard InChI is InChI=1S/C18H23F2NO3/c19-17(20)8-6-15(10-17)18(23,14-4-2-1-3-5-14)16(22)24-12-13-7-9-21-11-13/h1-5,13,15,21,23H,6-12H2/t13-,15+,18-/m0/s1. The van der Waals surface area contributed by atoms with Gasteiger partial charge in [0.1, 0.15) is 0 Å². The van der Waals surface area contributed by atoms with Gasteiger partial charge in [0.05, 0.1) is 6.61 Å². The largest absolute Gasteiger partial charge is 0.463 e. The second kappa shape index (κ2) is 6.76. The van der Waals surface area contributed by atoms with E-state index in [1.807, 2.05) is 0 Å². The molecule has 0 unspecified atom stereocenters. The fourth-order valence-corrected chi connectivity index (χ4v) is 3.68. The zero-order valence-corrected chi connectivity index (χ0v) is 13.5. The Hall–Kier alpha value is -1.53. The van der Waals surface area contributed by atoms with E-state index >= 15 is 0 Å². The highest BCUT2D eigenvalue weighted by molar-refractivity contribution is 5.81. The highest BCUT2D eigenvalue weighted by Gasteiger charge is 2.54. The molecule has 2 aliphatic rings. The first-order valence-corrected chi connectivity index (χ1v) is 8.45. The summed E-state index contributed by atoms with van der Waals surface area (Å²) in [6.07, 6.45) is 0.183. The van der Waals surface area contributed by atoms with Crippen molar-refractivity contribution in [1.82, 2.24) is 5.32 Å². The maximum absolute atomic E-state index is 13.7. The Bertz CT molecular complexity index is 575. The van der Waals surface area contributed by atoms with Crippen LogP contribution in [-0.4, -0.2) is 36.7 Å². The number of rotatable bonds is 5. The summed E-state index contributed by atoms with van der Waals surface area (Å²) in [5, 5.41) is 14.3. The fraction of sp³-hybridized carbons (Fsp3) is 0.611. The molecule has 0 spiro atoms. The first kappa shape index (κ1) is 17.3. The van der Waals surface area contributed by atoms with Gasteiger partial charge < -0.3 is 15.2 Å². The highest BCUT2D eigenvalue weighted by Crippen LogP contribution is 2.47. The van der Waals surface area contributed by atoms with Crippen molar-refractivity contribution in [3.8, 4) is 0 Å². The van der Waals surface area contributed by atoms with E-state index in [1.165, 1.54) is 0 Å². The predicted molar refractivity (Wildman–Crippen MR) is 84.6 cm³/mol. The first-order chi connectivity index (χ1) is 11.4. The summed E-state index contributed by atoms with van der Waals surface area (Å²) in [4.78, 5) is 12.7. The van der Waals surface area contributed by atoms with Gasteiger partial charge in [-0.15, -0.1) is 0 Å². The molecule has 132 valence electrons. The van der Waals surface area contributed by atoms with Gasteiger partial charge >= 0.3 is 5.97 Å². The SMILES string of the molecule is O=C(OC[C@H]1CCNC1)[C@](O)(c1ccccc1)[C@@H]1CCC(F)(F)C1. The van der Waals surface area contributed by atoms with Crippen LogP contribution in [0.5, 0.6) is 0 Å². The van der Waals surface area contributed by atoms with Crippen molar-refractivity contribution in [2.45, 2.75) is 37.2 Å². The van der Waals surface area contributed by atoms with Crippen molar-refractivity contribution in [1.29, 1.82) is 0 Å². The number of hydrogen-bond donors (Lipinski definition) is 2. The zero-order valence-electron chi connectivity index (χ0n) is 13.5. The van der Waals surface area contributed by atoms with Crippen LogP contribution in [0.2, 0.25) is 0 Å². The summed E-state index contributed by atoms with van der Waals surface area (Å²) in [7, 11) is 0. The minimum Gasteiger partial charge on any atom is -0.463 e. The van der Waals surface area contributed by atoms with Crippen LogP contribution in [0.3, 0.4) is 0 Å². The lowest BCUT2D eigenvalue weighted by atomic mass is 9.80. The number of carbonyl (C=O) groups is 1. The van der Waals surface area contributed by atoms with Crippen LogP contribution in [-0.2, 0) is 15.1 Å². The average molecular weight is 339 g/mol. The number of hydrogen-bond acceptors (Lipinski definition) is 4. The number of ether oxygens (including phenoxy) is 1. The smallest absolute Gasteiger partial charge is 0.343 e. The number of nitrogens with one attached hydrogen (secondary N) is 1. The van der Waals surface area contributed by atoms with Gasteiger partial charge in [-0.3, -0.25) is 0 Å². The molecule has 2 N–H and O–H groups in total. The Morgan fingerprint density at radius 3 is 2.67 bits per heavy atom. The molecule has 4 nitrogen and oxygen atoms in total. The van der Waals surface area contributed by atoms with Crippen molar-refractivity contribution in [3.63, 3.8) is 0 Å². The molecule has 2 fully saturated rings. The van der Waals surface area contributed by atoms with Crippen LogP contribution in [0.15, 0.2) is 30.3 Å². The van der Waals surface area contributed by atoms with Gasteiger partial charge in [-0.2, -0.15) is 0 Å². The number of halogens is 2. The van der Waals surface area contributed by atoms with Crippen molar-refractivity contribution < 1.29 is 23.4 Å². The Labute approximate surface area is 140 Å². The molecule has 0 amide bonds. The Balaban J connectivity index is 1.80. The first-order valence-electron chi connectivity index (χ1n) is 8.45. The number of aliphatic hydroxyl groups is 1. The van der Waals surface area contributed by atoms with Crippen molar-refractivity contribution >= 4 is 5.97 Å². The molecule has 0 aromatic heterocycles. The number of alkyl halides is 2. The monoisotopic (exact) mass is 339 g/mol. The number of esters is 1. The fourth-order valence-electron chi connectivity index (χ4n) is 3.68. The highest BCUT2D eigenvalue weighted by atomic mass is 19.3. The molecule has 1 heterocycles. The van der Waals surface area contributed by atoms with E-state index in [1.54, 1.807) is 30.3 Å². The average Bonchev–Trinajstić information content (AvgIpc) is 3.22. The lowest BCUT2D eigenvalue weighted by Crippen LogP contribution is -2.44. The van der Waals surface area contributed by atoms with Gasteiger partial charge in [0.2, 0.25) is 5.92 Å². The Morgan fingerprint density at radius 2 is 2.08 bits per heavy atom. The van der Waals surface area contributed by atoms with E-state index in [9.17, 15) is 18.7 Å². The van der Waals surface area contributed by atoms with Gasteiger partial charge in [0, 0.05) is 31.2 Å². The molecule has 1 saturated carbocycles. The molecule has 1 aromatic carbocycles. The second-order valence-corrected chi connectivity index (χ2v) is 6.89. The lowest BCUT2D eigenvalue weighted by Gasteiger charge is -2.32. The molecule has 24 heavy (non-hydrogen) atoms. The molecule has 3 rings (SSSR count). The second-order valence-electron chi connectivity index (χ2n) is 6.89. The van der Waals surface area contributed by atoms with E-state index in [-0.39, 0.29) is 25.4 Å². The maximum atomic E-state index is 13.7. The van der Waals surface area contributed by atoms with E-state index < -0.39 is 29.8 Å². The van der Waals surface area contributed by atoms with Gasteiger partial charge in [-0.05, 0) is 24.9 Å². The van der Waals surface area contributed by atoms with Crippen LogP contribution in [0.25, 0.3) is 0 Å². The summed E-state index contributed by atoms with van der Waals surface area (Å²) in [5.74, 6) is -4.30. The Morgan fingerprint density at radius 1 is 1.33 bits per heavy atom. The molecular formula is C18H23F2NO3. The number of benzene rings is 1. The van der Waals surface area contributed by atoms with Gasteiger partial charge in [0.25, 0.3) is 0 Å². The van der Waals surface area contributed by atoms with Crippen LogP contribution in [0.1, 0.15) is 31.2 Å². The maximum Gasteiger partial charge on any atom is 0.343 e. The van der Waals surface area contributed by atoms with E-state index in [0.29, 0.717) is 5.56 Å². The van der Waals surface area contributed by atoms with Gasteiger partial charge in [-0.1, -0.05) is 30.3 Å². The summed E-state index contributed by atoms with van der Waals surface area (Å²) in [6, 6.07) is 8.30. The van der Waals surface area contributed by atoms with Crippen LogP contribution in [0.4, 0.5) is 8.78 Å². The lowest BCUT2D eigenvalue weighted by molar-refractivity contribution is -0.176. The Kier molecular flexibility index (Phi) is 4.88. The predicted octanol–water partition coefficient (Wildman–Crippen LogP) is 2.46. The molecule has 0 bridgehead atoms. The van der Waals surface area contributed by atoms with Crippen LogP contribution >= 0.6 is 0 Å². The summed E-state index contributed by atoms with van der Waals surface area (Å²) < 4.78 is 32.7. The molecule has 1 aromatic rings. The van der Waals surface area contributed by atoms with Gasteiger partial charge in [-0.25, -0.2) is 13.6 Å². The van der Waals surface area contributed by atoms with Crippen LogP contribution in [0, 0.1) is 11.8 Å². The van der Waals surface area contributed by atoms with E-state index in [0.717, 1.165) is 19.5 Å². The quantitative estimate of drug-likeness (QED) is 0.809. The molecule has 1 saturated heterocycles. The van der Waals surface area contributed by atoms with Crippen molar-refractivity contribution in [3.05, 3.63) is 35.9 Å². The van der Waals surface area contributed by atoms with Gasteiger partial charge in [0.15, 0.2) is 5.60 Å². The molecule has 6 heteroatoms. The third-order valence-electron chi connectivity index (χ3n) is 5.13. The van der Waals surface area contributed by atoms with E-state index in [2.05, 4.69) is 5.32 Å². The third-order valence-corrected chi connectivity index (χ3v) is 5.13. The summed E-state index contributed by atoms with van der Waals surface area (Å²) in [6.45, 7) is 1.84. The topological polar surface area (TPSA) is 58.6 Å². The summed E-state index contributed by atoms with van der Waals surface area (Å²) in [5.41, 5.74) is -1.70. The van der Waals surface area contributed by atoms with Crippen molar-refractivity contribution in [2.75, 3.05) is 19.7 Å². The summed E-state index contributed by atoms with van der Waals surface area (Å²) >= 11 is 0. The van der Waals surface area contributed by atoms with E-state index in [4.69, 9.17) is 4.74 Å². The minimum atomic E-state index is -2.84. The van der Waals surface area contributed by atoms with Crippen molar-refractivity contribution in [2.24, 2.45) is 11.8 Å². The third kappa shape index (κ3) is 3.44. The molecule has 0 radical (unpaired) electrons. The molecule has 1 aliphatic heterocycles. The zero-order chi connectivity index (χ0) is 17.2. The number of carbonyl (C=O) groups excluding carboxylic acids is 1. The van der Waals surface area contributed by atoms with Crippen LogP contribution < -0.4 is 5.32 Å². The molecule has 3 atom stereocenters. The molecular weight excluding hydrogens is 316 g/mol. The minimum absolute atomic E-state index is 0.0957. The normalized spacial score (nSPS) is 28.5.